The summed E-state index contributed by atoms with van der Waals surface area (Å²) in [5.41, 5.74) is 1.30. The van der Waals surface area contributed by atoms with Crippen molar-refractivity contribution in [1.82, 2.24) is 9.97 Å². The van der Waals surface area contributed by atoms with Gasteiger partial charge in [0.25, 0.3) is 0 Å². The summed E-state index contributed by atoms with van der Waals surface area (Å²) in [5.74, 6) is 0.399. The summed E-state index contributed by atoms with van der Waals surface area (Å²) in [7, 11) is 1.48. The fourth-order valence-corrected chi connectivity index (χ4v) is 1.84. The molecule has 7 nitrogen and oxygen atoms in total. The van der Waals surface area contributed by atoms with Crippen LogP contribution in [0, 0.1) is 5.41 Å². The van der Waals surface area contributed by atoms with Crippen molar-refractivity contribution in [1.29, 1.82) is 5.41 Å². The quantitative estimate of drug-likeness (QED) is 0.430. The maximum Gasteiger partial charge on any atom is 0.213 e. The van der Waals surface area contributed by atoms with E-state index < -0.39 is 0 Å². The average Bonchev–Trinajstić information content (AvgIpc) is 2.56. The molecule has 3 N–H and O–H groups in total. The Bertz CT molecular complexity index is 754. The van der Waals surface area contributed by atoms with Gasteiger partial charge in [0.15, 0.2) is 11.7 Å². The molecule has 2 heterocycles. The van der Waals surface area contributed by atoms with Crippen molar-refractivity contribution in [3.63, 3.8) is 0 Å². The number of hydrogen-bond acceptors (Lipinski definition) is 7. The third-order valence-electron chi connectivity index (χ3n) is 3.07. The van der Waals surface area contributed by atoms with E-state index in [4.69, 9.17) is 10.1 Å². The molecule has 118 valence electrons. The lowest BCUT2D eigenvalue weighted by Gasteiger charge is -2.09. The second-order valence-corrected chi connectivity index (χ2v) is 4.61. The van der Waals surface area contributed by atoms with Crippen molar-refractivity contribution in [2.75, 3.05) is 12.4 Å². The summed E-state index contributed by atoms with van der Waals surface area (Å²) in [6.07, 6.45) is 3.95. The number of carbonyl (C=O) groups is 1. The standard InChI is InChI=1S/C16H16N4O3/c1-10(21)12-3-4-14(19-9-12)20-16(22)13(8-17)11-5-6-18-15(7-11)23-2/h3-9,17,22H,1-2H3,(H,19,20)/b16-13-,17-8?. The third kappa shape index (κ3) is 3.91. The molecule has 2 rings (SSSR count). The monoisotopic (exact) mass is 312 g/mol. The minimum absolute atomic E-state index is 0.0899. The fourth-order valence-electron chi connectivity index (χ4n) is 1.84. The van der Waals surface area contributed by atoms with Crippen LogP contribution in [0.3, 0.4) is 0 Å². The first-order chi connectivity index (χ1) is 11.0. The molecule has 0 aliphatic carbocycles. The molecule has 23 heavy (non-hydrogen) atoms. The molecule has 0 radical (unpaired) electrons. The molecule has 0 fully saturated rings. The van der Waals surface area contributed by atoms with Gasteiger partial charge >= 0.3 is 0 Å². The number of hydrogen-bond donors (Lipinski definition) is 3. The lowest BCUT2D eigenvalue weighted by Crippen LogP contribution is -2.06. The van der Waals surface area contributed by atoms with Crippen molar-refractivity contribution in [3.05, 3.63) is 53.7 Å². The Morgan fingerprint density at radius 2 is 2.09 bits per heavy atom. The zero-order chi connectivity index (χ0) is 16.8. The minimum atomic E-state index is -0.240. The Balaban J connectivity index is 2.29. The van der Waals surface area contributed by atoms with E-state index >= 15 is 0 Å². The van der Waals surface area contributed by atoms with Gasteiger partial charge in [-0.2, -0.15) is 0 Å². The highest BCUT2D eigenvalue weighted by atomic mass is 16.5. The summed E-state index contributed by atoms with van der Waals surface area (Å²) < 4.78 is 5.03. The van der Waals surface area contributed by atoms with Crippen LogP contribution in [0.25, 0.3) is 5.57 Å². The molecule has 2 aromatic rings. The van der Waals surface area contributed by atoms with Gasteiger partial charge in [0.05, 0.1) is 12.7 Å². The van der Waals surface area contributed by atoms with Crippen LogP contribution in [0.2, 0.25) is 0 Å². The third-order valence-corrected chi connectivity index (χ3v) is 3.07. The van der Waals surface area contributed by atoms with E-state index in [0.717, 1.165) is 6.21 Å². The number of ether oxygens (including phenoxy) is 1. The molecule has 0 saturated heterocycles. The summed E-state index contributed by atoms with van der Waals surface area (Å²) in [6, 6.07) is 6.42. The predicted molar refractivity (Wildman–Crippen MR) is 87.0 cm³/mol. The Labute approximate surface area is 133 Å². The SMILES string of the molecule is COc1cc(/C(C=N)=C(\O)Nc2ccc(C(C)=O)cn2)ccn1. The lowest BCUT2D eigenvalue weighted by atomic mass is 10.1. The number of allylic oxidation sites excluding steroid dienone is 1. The predicted octanol–water partition coefficient (Wildman–Crippen LogP) is 2.68. The van der Waals surface area contributed by atoms with Crippen molar-refractivity contribution in [2.24, 2.45) is 0 Å². The van der Waals surface area contributed by atoms with Crippen LogP contribution < -0.4 is 10.1 Å². The van der Waals surface area contributed by atoms with Crippen molar-refractivity contribution in [3.8, 4) is 5.88 Å². The Morgan fingerprint density at radius 3 is 2.65 bits per heavy atom. The van der Waals surface area contributed by atoms with Crippen LogP contribution in [0.15, 0.2) is 42.5 Å². The van der Waals surface area contributed by atoms with Gasteiger partial charge in [-0.25, -0.2) is 9.97 Å². The van der Waals surface area contributed by atoms with E-state index in [1.54, 1.807) is 24.3 Å². The lowest BCUT2D eigenvalue weighted by molar-refractivity contribution is 0.101. The van der Waals surface area contributed by atoms with E-state index in [1.165, 1.54) is 26.4 Å². The normalized spacial score (nSPS) is 11.4. The van der Waals surface area contributed by atoms with E-state index in [2.05, 4.69) is 15.3 Å². The smallest absolute Gasteiger partial charge is 0.213 e. The maximum absolute atomic E-state index is 11.2. The second kappa shape index (κ2) is 7.17. The van der Waals surface area contributed by atoms with Gasteiger partial charge in [-0.3, -0.25) is 4.79 Å². The number of carbonyl (C=O) groups excluding carboxylic acids is 1. The Morgan fingerprint density at radius 1 is 1.30 bits per heavy atom. The van der Waals surface area contributed by atoms with Gasteiger partial charge in [0, 0.05) is 30.2 Å². The molecule has 0 atom stereocenters. The highest BCUT2D eigenvalue weighted by Gasteiger charge is 2.09. The number of aromatic nitrogens is 2. The molecule has 0 aromatic carbocycles. The van der Waals surface area contributed by atoms with Crippen LogP contribution in [0.5, 0.6) is 5.88 Å². The summed E-state index contributed by atoms with van der Waals surface area (Å²) in [6.45, 7) is 1.45. The van der Waals surface area contributed by atoms with Gasteiger partial charge in [-0.1, -0.05) is 0 Å². The molecule has 0 bridgehead atoms. The number of nitrogens with one attached hydrogen (secondary N) is 2. The molecular weight excluding hydrogens is 296 g/mol. The zero-order valence-electron chi connectivity index (χ0n) is 12.7. The van der Waals surface area contributed by atoms with Crippen LogP contribution in [-0.4, -0.2) is 34.2 Å². The number of aliphatic hydroxyl groups is 1. The van der Waals surface area contributed by atoms with Gasteiger partial charge in [0.2, 0.25) is 5.88 Å². The first kappa shape index (κ1) is 16.2. The molecule has 0 amide bonds. The van der Waals surface area contributed by atoms with E-state index in [9.17, 15) is 9.90 Å². The number of aliphatic hydroxyl groups excluding tert-OH is 1. The number of pyridine rings is 2. The molecule has 7 heteroatoms. The van der Waals surface area contributed by atoms with Crippen LogP contribution in [0.1, 0.15) is 22.8 Å². The highest BCUT2D eigenvalue weighted by Crippen LogP contribution is 2.20. The first-order valence-electron chi connectivity index (χ1n) is 6.73. The van der Waals surface area contributed by atoms with Crippen LogP contribution in [-0.2, 0) is 0 Å². The molecule has 0 aliphatic heterocycles. The molecule has 2 aromatic heterocycles. The number of anilines is 1. The fraction of sp³-hybridized carbons (Fsp3) is 0.125. The number of rotatable bonds is 6. The number of Topliss-reactive ketones (excluding diaryl/α,β-unsaturated/α-hetero) is 1. The largest absolute Gasteiger partial charge is 0.494 e. The molecule has 0 saturated carbocycles. The van der Waals surface area contributed by atoms with Crippen molar-refractivity contribution < 1.29 is 14.6 Å². The number of ketones is 1. The van der Waals surface area contributed by atoms with Gasteiger partial charge in [-0.15, -0.1) is 0 Å². The molecule has 0 spiro atoms. The Hall–Kier alpha value is -3.22. The van der Waals surface area contributed by atoms with Gasteiger partial charge in [-0.05, 0) is 30.7 Å². The summed E-state index contributed by atoms with van der Waals surface area (Å²) >= 11 is 0. The topological polar surface area (TPSA) is 108 Å². The van der Waals surface area contributed by atoms with Gasteiger partial charge < -0.3 is 20.6 Å². The van der Waals surface area contributed by atoms with Crippen molar-refractivity contribution in [2.45, 2.75) is 6.92 Å². The van der Waals surface area contributed by atoms with E-state index in [0.29, 0.717) is 22.8 Å². The molecule has 0 unspecified atom stereocenters. The zero-order valence-corrected chi connectivity index (χ0v) is 12.7. The van der Waals surface area contributed by atoms with Crippen molar-refractivity contribution >= 4 is 23.4 Å². The summed E-state index contributed by atoms with van der Waals surface area (Å²) in [5, 5.41) is 20.4. The first-order valence-corrected chi connectivity index (χ1v) is 6.73. The van der Waals surface area contributed by atoms with E-state index in [1.807, 2.05) is 0 Å². The van der Waals surface area contributed by atoms with E-state index in [-0.39, 0.29) is 17.2 Å². The van der Waals surface area contributed by atoms with Gasteiger partial charge in [0.1, 0.15) is 5.82 Å². The molecular formula is C16H16N4O3. The average molecular weight is 312 g/mol. The maximum atomic E-state index is 11.2. The van der Waals surface area contributed by atoms with Crippen LogP contribution in [0.4, 0.5) is 5.82 Å². The number of nitrogens with zero attached hydrogens (tertiary/aromatic N) is 2. The van der Waals surface area contributed by atoms with Crippen LogP contribution >= 0.6 is 0 Å². The Kier molecular flexibility index (Phi) is 5.03. The highest BCUT2D eigenvalue weighted by molar-refractivity contribution is 6.09. The second-order valence-electron chi connectivity index (χ2n) is 4.61. The molecule has 0 aliphatic rings. The summed E-state index contributed by atoms with van der Waals surface area (Å²) in [4.78, 5) is 19.2. The number of methoxy groups -OCH3 is 1. The minimum Gasteiger partial charge on any atom is -0.494 e.